The van der Waals surface area contributed by atoms with Gasteiger partial charge >= 0.3 is 94.2 Å². The van der Waals surface area contributed by atoms with Gasteiger partial charge in [0.25, 0.3) is 0 Å². The first-order valence-electron chi connectivity index (χ1n) is 3.58. The summed E-state index contributed by atoms with van der Waals surface area (Å²) >= 11 is 2.66. The van der Waals surface area contributed by atoms with Crippen LogP contribution in [0.2, 0.25) is 0 Å². The van der Waals surface area contributed by atoms with Crippen LogP contribution in [0.15, 0.2) is 0 Å². The summed E-state index contributed by atoms with van der Waals surface area (Å²) < 4.78 is 25.1. The van der Waals surface area contributed by atoms with E-state index in [1.807, 2.05) is 0 Å². The fourth-order valence-corrected chi connectivity index (χ4v) is 1.21. The Balaban J connectivity index is 3.95. The molecule has 0 unspecified atom stereocenters. The average molecular weight is 316 g/mol. The first-order chi connectivity index (χ1) is 6.41. The molecule has 0 heterocycles. The van der Waals surface area contributed by atoms with Crippen molar-refractivity contribution in [1.29, 1.82) is 0 Å². The van der Waals surface area contributed by atoms with Crippen molar-refractivity contribution in [2.75, 3.05) is 10.5 Å². The van der Waals surface area contributed by atoms with Gasteiger partial charge < -0.3 is 0 Å². The van der Waals surface area contributed by atoms with Crippen LogP contribution < -0.4 is 5.73 Å². The third-order valence-corrected chi connectivity index (χ3v) is 3.39. The molecule has 0 saturated carbocycles. The number of Topliss-reactive ketones (excluding diaryl/α,β-unsaturated/α-hetero) is 1. The maximum atomic E-state index is 10.8. The second kappa shape index (κ2) is 6.31. The van der Waals surface area contributed by atoms with Gasteiger partial charge in [0.05, 0.1) is 0 Å². The molecule has 0 spiro atoms. The summed E-state index contributed by atoms with van der Waals surface area (Å²) in [7, 11) is -3.85. The van der Waals surface area contributed by atoms with Crippen molar-refractivity contribution in [1.82, 2.24) is 0 Å². The summed E-state index contributed by atoms with van der Waals surface area (Å²) in [4.78, 5) is 21.5. The first-order valence-corrected chi connectivity index (χ1v) is 6.21. The van der Waals surface area contributed by atoms with Crippen LogP contribution in [0.1, 0.15) is 12.8 Å². The molecule has 0 bridgehead atoms. The Kier molecular flexibility index (Phi) is 6.21. The van der Waals surface area contributed by atoms with Gasteiger partial charge in [0.1, 0.15) is 0 Å². The van der Waals surface area contributed by atoms with Gasteiger partial charge in [-0.1, -0.05) is 0 Å². The zero-order valence-electron chi connectivity index (χ0n) is 7.16. The molecule has 0 rings (SSSR count). The van der Waals surface area contributed by atoms with E-state index in [1.165, 1.54) is 0 Å². The van der Waals surface area contributed by atoms with Gasteiger partial charge in [-0.15, -0.1) is 0 Å². The van der Waals surface area contributed by atoms with Crippen molar-refractivity contribution >= 4 is 21.9 Å². The Bertz CT molecular complexity index is 312. The van der Waals surface area contributed by atoms with E-state index in [4.69, 9.17) is 5.73 Å². The van der Waals surface area contributed by atoms with Crippen LogP contribution in [-0.2, 0) is 45.0 Å². The third kappa shape index (κ3) is 6.28. The summed E-state index contributed by atoms with van der Waals surface area (Å²) in [5.74, 6) is -1.27. The van der Waals surface area contributed by atoms with Gasteiger partial charge in [-0.05, 0) is 0 Å². The molecule has 0 fully saturated rings. The molecule has 0 amide bonds. The number of hydrogen-bond acceptors (Lipinski definition) is 6. The monoisotopic (exact) mass is 315 g/mol. The van der Waals surface area contributed by atoms with Gasteiger partial charge in [0.2, 0.25) is 0 Å². The van der Waals surface area contributed by atoms with Crippen LogP contribution in [-0.4, -0.2) is 30.7 Å². The van der Waals surface area contributed by atoms with Crippen molar-refractivity contribution in [3.8, 4) is 0 Å². The third-order valence-electron chi connectivity index (χ3n) is 1.16. The van der Waals surface area contributed by atoms with Crippen molar-refractivity contribution in [2.45, 2.75) is 12.8 Å². The standard InChI is InChI=1S/C6H10NO5S.Ag/c1-13(10,11)12-6(9)3-2-5(8)4-7;/h1-4,7H2;. The summed E-state index contributed by atoms with van der Waals surface area (Å²) in [5, 5.41) is 0. The molecule has 86 valence electrons. The Morgan fingerprint density at radius 1 is 1.29 bits per heavy atom. The van der Waals surface area contributed by atoms with Gasteiger partial charge in [-0.3, -0.25) is 0 Å². The molecule has 0 aliphatic heterocycles. The summed E-state index contributed by atoms with van der Waals surface area (Å²) in [6.07, 6.45) is -0.380. The minimum atomic E-state index is -3.85. The quantitative estimate of drug-likeness (QED) is 0.481. The van der Waals surface area contributed by atoms with Gasteiger partial charge in [-0.25, -0.2) is 0 Å². The molecule has 6 nitrogen and oxygen atoms in total. The second-order valence-corrected chi connectivity index (χ2v) is 5.08. The Hall–Kier alpha value is -0.210. The number of ketones is 1. The van der Waals surface area contributed by atoms with Gasteiger partial charge in [-0.2, -0.15) is 0 Å². The van der Waals surface area contributed by atoms with E-state index in [0.717, 1.165) is 0 Å². The Morgan fingerprint density at radius 3 is 2.29 bits per heavy atom. The molecular formula is C6H10AgNO5S. The van der Waals surface area contributed by atoms with Crippen molar-refractivity contribution in [2.24, 2.45) is 5.73 Å². The van der Waals surface area contributed by atoms with Crippen LogP contribution in [0.25, 0.3) is 0 Å². The normalized spacial score (nSPS) is 11.1. The number of carbonyl (C=O) groups is 2. The predicted octanol–water partition coefficient (Wildman–Crippen LogP) is -1.33. The molecule has 14 heavy (non-hydrogen) atoms. The van der Waals surface area contributed by atoms with E-state index in [0.29, 0.717) is 0 Å². The van der Waals surface area contributed by atoms with Crippen LogP contribution in [0.5, 0.6) is 0 Å². The Labute approximate surface area is 94.2 Å². The Morgan fingerprint density at radius 2 is 1.86 bits per heavy atom. The van der Waals surface area contributed by atoms with Gasteiger partial charge in [0.15, 0.2) is 0 Å². The molecule has 8 heteroatoms. The molecule has 0 radical (unpaired) electrons. The molecule has 2 N–H and O–H groups in total. The molecule has 0 atom stereocenters. The number of rotatable bonds is 6. The molecular weight excluding hydrogens is 306 g/mol. The van der Waals surface area contributed by atoms with Crippen LogP contribution in [0.3, 0.4) is 0 Å². The van der Waals surface area contributed by atoms with Crippen LogP contribution in [0, 0.1) is 0 Å². The summed E-state index contributed by atoms with van der Waals surface area (Å²) in [6.45, 7) is -0.168. The maximum absolute atomic E-state index is 10.8. The molecule has 0 aromatic rings. The number of carbonyl (C=O) groups excluding carboxylic acids is 2. The number of nitrogens with two attached hydrogens (primary N) is 1. The molecule has 0 aliphatic carbocycles. The van der Waals surface area contributed by atoms with Crippen molar-refractivity contribution in [3.63, 3.8) is 0 Å². The topological polar surface area (TPSA) is 104 Å². The fraction of sp³-hybridized carbons (Fsp3) is 0.667. The van der Waals surface area contributed by atoms with Gasteiger partial charge in [0, 0.05) is 0 Å². The van der Waals surface area contributed by atoms with Crippen molar-refractivity contribution in [3.05, 3.63) is 0 Å². The van der Waals surface area contributed by atoms with E-state index in [2.05, 4.69) is 25.3 Å². The number of hydrogen-bond donors (Lipinski definition) is 1. The van der Waals surface area contributed by atoms with Crippen molar-refractivity contribution < 1.29 is 43.3 Å². The van der Waals surface area contributed by atoms with E-state index >= 15 is 0 Å². The SMILES string of the molecule is NCC(=O)CCC(=O)OS(=O)(=O)[CH2][Ag]. The minimum absolute atomic E-state index is 0.104. The fourth-order valence-electron chi connectivity index (χ4n) is 0.545. The van der Waals surface area contributed by atoms with Crippen LogP contribution >= 0.6 is 0 Å². The summed E-state index contributed by atoms with van der Waals surface area (Å²) in [5.41, 5.74) is 4.98. The molecule has 0 aromatic carbocycles. The molecule has 0 aliphatic rings. The zero-order valence-corrected chi connectivity index (χ0v) is 9.46. The zero-order chi connectivity index (χ0) is 11.2. The predicted molar refractivity (Wildman–Crippen MR) is 43.2 cm³/mol. The second-order valence-electron chi connectivity index (χ2n) is 2.34. The summed E-state index contributed by atoms with van der Waals surface area (Å²) in [6, 6.07) is 0. The van der Waals surface area contributed by atoms with E-state index in [9.17, 15) is 18.0 Å². The average Bonchev–Trinajstić information content (AvgIpc) is 2.13. The molecule has 0 aromatic heterocycles. The first kappa shape index (κ1) is 13.8. The molecule has 0 saturated heterocycles. The van der Waals surface area contributed by atoms with Crippen LogP contribution in [0.4, 0.5) is 0 Å². The van der Waals surface area contributed by atoms with E-state index in [-0.39, 0.29) is 25.2 Å². The van der Waals surface area contributed by atoms with E-state index in [1.54, 1.807) is 0 Å². The van der Waals surface area contributed by atoms with E-state index < -0.39 is 20.1 Å².